The summed E-state index contributed by atoms with van der Waals surface area (Å²) in [4.78, 5) is 14.9. The Morgan fingerprint density at radius 3 is 2.04 bits per heavy atom. The minimum absolute atomic E-state index is 0.0941. The van der Waals surface area contributed by atoms with Crippen LogP contribution in [0.25, 0.3) is 0 Å². The van der Waals surface area contributed by atoms with Crippen molar-refractivity contribution in [1.29, 1.82) is 0 Å². The SMILES string of the molecule is O=[N+]([O-])c1ccc(CC(Cc2ccc(O)cc2)c2ccccn2)cc1. The molecule has 0 amide bonds. The number of phenols is 1. The van der Waals surface area contributed by atoms with Crippen molar-refractivity contribution in [1.82, 2.24) is 4.98 Å². The summed E-state index contributed by atoms with van der Waals surface area (Å²) in [5, 5.41) is 20.2. The van der Waals surface area contributed by atoms with Crippen LogP contribution in [0, 0.1) is 10.1 Å². The fourth-order valence-electron chi connectivity index (χ4n) is 2.85. The Labute approximate surface area is 145 Å². The first-order valence-corrected chi connectivity index (χ1v) is 8.04. The monoisotopic (exact) mass is 334 g/mol. The van der Waals surface area contributed by atoms with E-state index >= 15 is 0 Å². The molecule has 0 radical (unpaired) electrons. The van der Waals surface area contributed by atoms with Gasteiger partial charge in [0, 0.05) is 29.9 Å². The van der Waals surface area contributed by atoms with Crippen LogP contribution in [0.1, 0.15) is 22.7 Å². The van der Waals surface area contributed by atoms with Gasteiger partial charge in [0.15, 0.2) is 0 Å². The van der Waals surface area contributed by atoms with E-state index in [2.05, 4.69) is 4.98 Å². The van der Waals surface area contributed by atoms with Gasteiger partial charge in [0.05, 0.1) is 4.92 Å². The average Bonchev–Trinajstić information content (AvgIpc) is 2.64. The van der Waals surface area contributed by atoms with Crippen molar-refractivity contribution < 1.29 is 10.0 Å². The van der Waals surface area contributed by atoms with Gasteiger partial charge >= 0.3 is 0 Å². The highest BCUT2D eigenvalue weighted by molar-refractivity contribution is 5.34. The summed E-state index contributed by atoms with van der Waals surface area (Å²) >= 11 is 0. The van der Waals surface area contributed by atoms with E-state index in [-0.39, 0.29) is 17.4 Å². The van der Waals surface area contributed by atoms with Crippen molar-refractivity contribution in [2.75, 3.05) is 0 Å². The summed E-state index contributed by atoms with van der Waals surface area (Å²) in [6.07, 6.45) is 3.28. The molecule has 0 aliphatic heterocycles. The molecule has 1 aromatic heterocycles. The van der Waals surface area contributed by atoms with Gasteiger partial charge in [-0.1, -0.05) is 30.3 Å². The number of aromatic hydroxyl groups is 1. The van der Waals surface area contributed by atoms with Gasteiger partial charge in [0.25, 0.3) is 5.69 Å². The minimum Gasteiger partial charge on any atom is -0.508 e. The van der Waals surface area contributed by atoms with Crippen LogP contribution in [0.3, 0.4) is 0 Å². The number of hydrogen-bond donors (Lipinski definition) is 1. The fraction of sp³-hybridized carbons (Fsp3) is 0.150. The van der Waals surface area contributed by atoms with Crippen molar-refractivity contribution >= 4 is 5.69 Å². The van der Waals surface area contributed by atoms with Crippen LogP contribution in [0.5, 0.6) is 5.75 Å². The molecule has 0 fully saturated rings. The predicted molar refractivity (Wildman–Crippen MR) is 95.6 cm³/mol. The number of pyridine rings is 1. The third kappa shape index (κ3) is 4.41. The van der Waals surface area contributed by atoms with E-state index in [9.17, 15) is 15.2 Å². The lowest BCUT2D eigenvalue weighted by molar-refractivity contribution is -0.384. The van der Waals surface area contributed by atoms with Crippen LogP contribution < -0.4 is 0 Å². The molecular formula is C20H18N2O3. The molecule has 0 aliphatic rings. The third-order valence-electron chi connectivity index (χ3n) is 4.15. The quantitative estimate of drug-likeness (QED) is 0.539. The largest absolute Gasteiger partial charge is 0.508 e. The summed E-state index contributed by atoms with van der Waals surface area (Å²) in [5.74, 6) is 0.390. The molecule has 0 saturated carbocycles. The van der Waals surface area contributed by atoms with Crippen LogP contribution in [0.4, 0.5) is 5.69 Å². The molecule has 0 spiro atoms. The second-order valence-electron chi connectivity index (χ2n) is 5.95. The summed E-state index contributed by atoms with van der Waals surface area (Å²) in [6.45, 7) is 0. The van der Waals surface area contributed by atoms with Gasteiger partial charge in [-0.3, -0.25) is 15.1 Å². The number of nitro benzene ring substituents is 1. The first-order chi connectivity index (χ1) is 12.1. The highest BCUT2D eigenvalue weighted by Gasteiger charge is 2.15. The first kappa shape index (κ1) is 16.6. The van der Waals surface area contributed by atoms with E-state index in [1.165, 1.54) is 12.1 Å². The van der Waals surface area contributed by atoms with Gasteiger partial charge in [-0.05, 0) is 48.2 Å². The molecule has 126 valence electrons. The van der Waals surface area contributed by atoms with Gasteiger partial charge in [-0.15, -0.1) is 0 Å². The summed E-state index contributed by atoms with van der Waals surface area (Å²) < 4.78 is 0. The Morgan fingerprint density at radius 2 is 1.52 bits per heavy atom. The molecular weight excluding hydrogens is 316 g/mol. The van der Waals surface area contributed by atoms with Gasteiger partial charge < -0.3 is 5.11 Å². The van der Waals surface area contributed by atoms with Crippen molar-refractivity contribution in [3.8, 4) is 5.75 Å². The standard InChI is InChI=1S/C20H18N2O3/c23-19-10-6-16(7-11-19)14-17(20-3-1-2-12-21-20)13-15-4-8-18(9-5-15)22(24)25/h1-12,17,23H,13-14H2. The maximum Gasteiger partial charge on any atom is 0.269 e. The Balaban J connectivity index is 1.83. The normalized spacial score (nSPS) is 11.8. The van der Waals surface area contributed by atoms with Crippen molar-refractivity contribution in [2.45, 2.75) is 18.8 Å². The number of benzene rings is 2. The molecule has 0 aliphatic carbocycles. The minimum atomic E-state index is -0.392. The van der Waals surface area contributed by atoms with Crippen LogP contribution in [0.2, 0.25) is 0 Å². The molecule has 3 rings (SSSR count). The Hall–Kier alpha value is -3.21. The number of nitro groups is 1. The topological polar surface area (TPSA) is 76.3 Å². The van der Waals surface area contributed by atoms with Gasteiger partial charge in [-0.2, -0.15) is 0 Å². The lowest BCUT2D eigenvalue weighted by Gasteiger charge is -2.17. The maximum absolute atomic E-state index is 10.8. The van der Waals surface area contributed by atoms with Crippen LogP contribution in [-0.2, 0) is 12.8 Å². The zero-order valence-corrected chi connectivity index (χ0v) is 13.6. The zero-order valence-electron chi connectivity index (χ0n) is 13.6. The lowest BCUT2D eigenvalue weighted by Crippen LogP contribution is -2.08. The highest BCUT2D eigenvalue weighted by atomic mass is 16.6. The number of aromatic nitrogens is 1. The summed E-state index contributed by atoms with van der Waals surface area (Å²) in [7, 11) is 0. The number of nitrogens with zero attached hydrogens (tertiary/aromatic N) is 2. The highest BCUT2D eigenvalue weighted by Crippen LogP contribution is 2.25. The van der Waals surface area contributed by atoms with Crippen LogP contribution >= 0.6 is 0 Å². The number of phenolic OH excluding ortho intramolecular Hbond substituents is 1. The van der Waals surface area contributed by atoms with Crippen molar-refractivity contribution in [3.63, 3.8) is 0 Å². The second-order valence-corrected chi connectivity index (χ2v) is 5.95. The van der Waals surface area contributed by atoms with E-state index in [1.54, 1.807) is 30.5 Å². The average molecular weight is 334 g/mol. The van der Waals surface area contributed by atoms with Crippen molar-refractivity contribution in [2.24, 2.45) is 0 Å². The first-order valence-electron chi connectivity index (χ1n) is 8.04. The number of hydrogen-bond acceptors (Lipinski definition) is 4. The Kier molecular flexibility index (Phi) is 5.04. The fourth-order valence-corrected chi connectivity index (χ4v) is 2.85. The van der Waals surface area contributed by atoms with E-state index < -0.39 is 4.92 Å². The van der Waals surface area contributed by atoms with Crippen molar-refractivity contribution in [3.05, 3.63) is 99.9 Å². The molecule has 5 heteroatoms. The predicted octanol–water partition coefficient (Wildman–Crippen LogP) is 4.26. The van der Waals surface area contributed by atoms with Crippen LogP contribution in [0.15, 0.2) is 72.9 Å². The van der Waals surface area contributed by atoms with Gasteiger partial charge in [-0.25, -0.2) is 0 Å². The Bertz CT molecular complexity index is 831. The molecule has 1 N–H and O–H groups in total. The van der Waals surface area contributed by atoms with Gasteiger partial charge in [0.2, 0.25) is 0 Å². The van der Waals surface area contributed by atoms with E-state index in [0.29, 0.717) is 0 Å². The molecule has 1 heterocycles. The molecule has 1 atom stereocenters. The smallest absolute Gasteiger partial charge is 0.269 e. The number of non-ortho nitro benzene ring substituents is 1. The molecule has 2 aromatic carbocycles. The molecule has 5 nitrogen and oxygen atoms in total. The molecule has 0 saturated heterocycles. The second kappa shape index (κ2) is 7.57. The van der Waals surface area contributed by atoms with E-state index in [1.807, 2.05) is 30.3 Å². The Morgan fingerprint density at radius 1 is 0.920 bits per heavy atom. The maximum atomic E-state index is 10.8. The number of rotatable bonds is 6. The molecule has 3 aromatic rings. The van der Waals surface area contributed by atoms with E-state index in [0.717, 1.165) is 29.7 Å². The summed E-state index contributed by atoms with van der Waals surface area (Å²) in [5.41, 5.74) is 3.21. The zero-order chi connectivity index (χ0) is 17.6. The van der Waals surface area contributed by atoms with Crippen LogP contribution in [-0.4, -0.2) is 15.0 Å². The summed E-state index contributed by atoms with van der Waals surface area (Å²) in [6, 6.07) is 19.7. The van der Waals surface area contributed by atoms with E-state index in [4.69, 9.17) is 0 Å². The lowest BCUT2D eigenvalue weighted by atomic mass is 9.89. The molecule has 0 bridgehead atoms. The molecule has 1 unspecified atom stereocenters. The third-order valence-corrected chi connectivity index (χ3v) is 4.15. The van der Waals surface area contributed by atoms with Gasteiger partial charge in [0.1, 0.15) is 5.75 Å². The molecule has 25 heavy (non-hydrogen) atoms.